The fourth-order valence-electron chi connectivity index (χ4n) is 4.68. The molecule has 2 amide bonds. The monoisotopic (exact) mass is 478 g/mol. The summed E-state index contributed by atoms with van der Waals surface area (Å²) in [6, 6.07) is 7.22. The minimum atomic E-state index is -3.83. The maximum absolute atomic E-state index is 13.5. The number of nitrogens with two attached hydrogens (primary N) is 2. The fraction of sp³-hybridized carbons (Fsp3) is 0.591. The van der Waals surface area contributed by atoms with Crippen LogP contribution in [0.4, 0.5) is 0 Å². The number of benzene rings is 1. The maximum atomic E-state index is 13.5. The summed E-state index contributed by atoms with van der Waals surface area (Å²) in [5, 5.41) is 7.60. The molecule has 0 bridgehead atoms. The van der Waals surface area contributed by atoms with Gasteiger partial charge in [0.1, 0.15) is 12.1 Å². The van der Waals surface area contributed by atoms with Crippen molar-refractivity contribution in [3.63, 3.8) is 0 Å². The Morgan fingerprint density at radius 1 is 1.12 bits per heavy atom. The number of nitrogens with one attached hydrogen (secondary N) is 1. The number of nitrogens with zero attached hydrogens (tertiary/aromatic N) is 3. The summed E-state index contributed by atoms with van der Waals surface area (Å²) in [4.78, 5) is 28.3. The van der Waals surface area contributed by atoms with Crippen molar-refractivity contribution in [2.75, 3.05) is 26.2 Å². The summed E-state index contributed by atoms with van der Waals surface area (Å²) >= 11 is 0. The number of sulfonamides is 1. The second-order valence-corrected chi connectivity index (χ2v) is 10.8. The highest BCUT2D eigenvalue weighted by molar-refractivity contribution is 7.88. The maximum Gasteiger partial charge on any atom is 0.241 e. The van der Waals surface area contributed by atoms with Gasteiger partial charge in [0, 0.05) is 26.2 Å². The highest BCUT2D eigenvalue weighted by atomic mass is 32.2. The molecule has 1 aromatic carbocycles. The Labute approximate surface area is 195 Å². The van der Waals surface area contributed by atoms with E-state index < -0.39 is 33.9 Å². The Balaban J connectivity index is 1.82. The van der Waals surface area contributed by atoms with Gasteiger partial charge in [-0.1, -0.05) is 30.3 Å². The van der Waals surface area contributed by atoms with Crippen LogP contribution in [0, 0.1) is 11.3 Å². The number of guanidine groups is 1. The fourth-order valence-corrected chi connectivity index (χ4v) is 6.47. The Bertz CT molecular complexity index is 962. The highest BCUT2D eigenvalue weighted by Gasteiger charge is 2.40. The van der Waals surface area contributed by atoms with E-state index >= 15 is 0 Å². The van der Waals surface area contributed by atoms with Crippen molar-refractivity contribution in [3.8, 4) is 0 Å². The molecule has 10 nitrogen and oxygen atoms in total. The van der Waals surface area contributed by atoms with Gasteiger partial charge in [-0.15, -0.1) is 0 Å². The predicted octanol–water partition coefficient (Wildman–Crippen LogP) is 0.289. The third-order valence-electron chi connectivity index (χ3n) is 6.60. The number of likely N-dealkylation sites (tertiary alicyclic amines) is 2. The van der Waals surface area contributed by atoms with Crippen LogP contribution in [0.1, 0.15) is 38.2 Å². The lowest BCUT2D eigenvalue weighted by atomic mass is 9.96. The average Bonchev–Trinajstić information content (AvgIpc) is 3.27. The van der Waals surface area contributed by atoms with E-state index in [0.717, 1.165) is 0 Å². The molecule has 0 aromatic heterocycles. The summed E-state index contributed by atoms with van der Waals surface area (Å²) in [6.07, 6.45) is 2.50. The number of carbonyl (C=O) groups is 2. The van der Waals surface area contributed by atoms with Crippen LogP contribution in [-0.2, 0) is 25.4 Å². The predicted molar refractivity (Wildman–Crippen MR) is 125 cm³/mol. The second kappa shape index (κ2) is 10.5. The summed E-state index contributed by atoms with van der Waals surface area (Å²) in [5.74, 6) is -1.13. The number of rotatable bonds is 8. The van der Waals surface area contributed by atoms with E-state index in [9.17, 15) is 18.0 Å². The molecule has 2 atom stereocenters. The standard InChI is InChI=1S/C22H34N6O4S/c1-16(21(30)27-11-5-8-19(27)20(23)29)28(14-17-9-12-26(13-10-17)22(24)25)33(31,32)15-18-6-3-2-4-7-18/h2-4,6-7,16-17,19H,5,8-15H2,1H3,(H2,23,29)(H3,24,25)/t16-,19+/m1/s1. The number of hydrogen-bond acceptors (Lipinski definition) is 5. The molecule has 182 valence electrons. The summed E-state index contributed by atoms with van der Waals surface area (Å²) in [6.45, 7) is 3.32. The quantitative estimate of drug-likeness (QED) is 0.360. The largest absolute Gasteiger partial charge is 0.370 e. The van der Waals surface area contributed by atoms with E-state index in [2.05, 4.69) is 0 Å². The van der Waals surface area contributed by atoms with Gasteiger partial charge in [-0.25, -0.2) is 8.42 Å². The zero-order chi connectivity index (χ0) is 24.2. The molecule has 2 saturated heterocycles. The molecule has 33 heavy (non-hydrogen) atoms. The normalized spacial score (nSPS) is 20.7. The summed E-state index contributed by atoms with van der Waals surface area (Å²) in [5.41, 5.74) is 11.7. The van der Waals surface area contributed by atoms with Crippen LogP contribution in [0.3, 0.4) is 0 Å². The molecule has 2 heterocycles. The molecule has 0 spiro atoms. The highest BCUT2D eigenvalue weighted by Crippen LogP contribution is 2.25. The van der Waals surface area contributed by atoms with Crippen LogP contribution < -0.4 is 11.5 Å². The van der Waals surface area contributed by atoms with Crippen LogP contribution in [0.25, 0.3) is 0 Å². The van der Waals surface area contributed by atoms with Crippen molar-refractivity contribution in [2.45, 2.75) is 50.4 Å². The molecular formula is C22H34N6O4S. The smallest absolute Gasteiger partial charge is 0.241 e. The van der Waals surface area contributed by atoms with Crippen molar-refractivity contribution in [3.05, 3.63) is 35.9 Å². The molecule has 3 rings (SSSR count). The van der Waals surface area contributed by atoms with Crippen LogP contribution in [0.2, 0.25) is 0 Å². The Morgan fingerprint density at radius 3 is 2.33 bits per heavy atom. The van der Waals surface area contributed by atoms with E-state index in [1.165, 1.54) is 9.21 Å². The Hall–Kier alpha value is -2.66. The van der Waals surface area contributed by atoms with Crippen LogP contribution in [0.15, 0.2) is 30.3 Å². The molecular weight excluding hydrogens is 444 g/mol. The van der Waals surface area contributed by atoms with Crippen molar-refractivity contribution in [2.24, 2.45) is 17.4 Å². The first-order chi connectivity index (χ1) is 15.6. The van der Waals surface area contributed by atoms with E-state index in [1.54, 1.807) is 36.1 Å². The van der Waals surface area contributed by atoms with Gasteiger partial charge in [0.15, 0.2) is 5.96 Å². The minimum absolute atomic E-state index is 0.0112. The van der Waals surface area contributed by atoms with Gasteiger partial charge in [0.05, 0.1) is 5.75 Å². The van der Waals surface area contributed by atoms with Crippen LogP contribution in [-0.4, -0.2) is 78.6 Å². The number of piperidine rings is 1. The van der Waals surface area contributed by atoms with Gasteiger partial charge in [0.2, 0.25) is 21.8 Å². The minimum Gasteiger partial charge on any atom is -0.370 e. The summed E-state index contributed by atoms with van der Waals surface area (Å²) in [7, 11) is -3.83. The topological polar surface area (TPSA) is 154 Å². The van der Waals surface area contributed by atoms with Gasteiger partial charge >= 0.3 is 0 Å². The molecule has 2 aliphatic heterocycles. The number of amides is 2. The number of primary amides is 1. The molecule has 0 unspecified atom stereocenters. The van der Waals surface area contributed by atoms with Gasteiger partial charge < -0.3 is 21.3 Å². The molecule has 2 aliphatic rings. The average molecular weight is 479 g/mol. The molecule has 0 aliphatic carbocycles. The molecule has 0 radical (unpaired) electrons. The van der Waals surface area contributed by atoms with E-state index in [0.29, 0.717) is 50.9 Å². The zero-order valence-corrected chi connectivity index (χ0v) is 19.8. The first-order valence-corrected chi connectivity index (χ1v) is 12.9. The van der Waals surface area contributed by atoms with Crippen molar-refractivity contribution in [1.82, 2.24) is 14.1 Å². The lowest BCUT2D eigenvalue weighted by molar-refractivity contribution is -0.140. The molecule has 0 saturated carbocycles. The van der Waals surface area contributed by atoms with E-state index in [4.69, 9.17) is 16.9 Å². The first-order valence-electron chi connectivity index (χ1n) is 11.3. The molecule has 11 heteroatoms. The second-order valence-electron chi connectivity index (χ2n) is 8.90. The van der Waals surface area contributed by atoms with E-state index in [1.807, 2.05) is 6.07 Å². The molecule has 2 fully saturated rings. The molecule has 1 aromatic rings. The number of carbonyl (C=O) groups excluding carboxylic acids is 2. The van der Waals surface area contributed by atoms with Gasteiger partial charge in [-0.3, -0.25) is 15.0 Å². The van der Waals surface area contributed by atoms with Gasteiger partial charge in [0.25, 0.3) is 0 Å². The third-order valence-corrected chi connectivity index (χ3v) is 8.47. The Kier molecular flexibility index (Phi) is 7.96. The van der Waals surface area contributed by atoms with Crippen LogP contribution in [0.5, 0.6) is 0 Å². The molecule has 5 N–H and O–H groups in total. The van der Waals surface area contributed by atoms with Crippen molar-refractivity contribution in [1.29, 1.82) is 5.41 Å². The van der Waals surface area contributed by atoms with E-state index in [-0.39, 0.29) is 24.2 Å². The first kappa shape index (κ1) is 25.0. The van der Waals surface area contributed by atoms with Crippen LogP contribution >= 0.6 is 0 Å². The SMILES string of the molecule is C[C@H](C(=O)N1CCC[C@H]1C(N)=O)N(CC1CCN(C(=N)N)CC1)S(=O)(=O)Cc1ccccc1. The summed E-state index contributed by atoms with van der Waals surface area (Å²) < 4.78 is 28.3. The zero-order valence-electron chi connectivity index (χ0n) is 19.0. The van der Waals surface area contributed by atoms with Gasteiger partial charge in [-0.2, -0.15) is 4.31 Å². The van der Waals surface area contributed by atoms with Crippen molar-refractivity contribution >= 4 is 27.8 Å². The lowest BCUT2D eigenvalue weighted by Gasteiger charge is -2.37. The Morgan fingerprint density at radius 2 is 1.76 bits per heavy atom. The lowest BCUT2D eigenvalue weighted by Crippen LogP contribution is -2.54. The third kappa shape index (κ3) is 6.02. The van der Waals surface area contributed by atoms with Crippen molar-refractivity contribution < 1.29 is 18.0 Å². The number of hydrogen-bond donors (Lipinski definition) is 3. The van der Waals surface area contributed by atoms with Gasteiger partial charge in [-0.05, 0) is 44.1 Å².